The number of hydrogen-bond donors (Lipinski definition) is 0. The van der Waals surface area contributed by atoms with Gasteiger partial charge in [-0.2, -0.15) is 0 Å². The van der Waals surface area contributed by atoms with Crippen molar-refractivity contribution >= 4 is 27.8 Å². The number of esters is 1. The van der Waals surface area contributed by atoms with Crippen molar-refractivity contribution in [3.05, 3.63) is 30.2 Å². The highest BCUT2D eigenvalue weighted by molar-refractivity contribution is 7.91. The van der Waals surface area contributed by atoms with Crippen LogP contribution in [0.25, 0.3) is 6.08 Å². The van der Waals surface area contributed by atoms with Crippen molar-refractivity contribution in [1.82, 2.24) is 4.90 Å². The van der Waals surface area contributed by atoms with E-state index in [1.54, 1.807) is 19.1 Å². The Labute approximate surface area is 134 Å². The summed E-state index contributed by atoms with van der Waals surface area (Å²) in [5, 5.41) is 0. The van der Waals surface area contributed by atoms with E-state index in [2.05, 4.69) is 0 Å². The summed E-state index contributed by atoms with van der Waals surface area (Å²) in [5.74, 6) is -0.495. The Morgan fingerprint density at radius 3 is 2.83 bits per heavy atom. The largest absolute Gasteiger partial charge is 0.465 e. The summed E-state index contributed by atoms with van der Waals surface area (Å²) in [6.45, 7) is 1.73. The van der Waals surface area contributed by atoms with Crippen molar-refractivity contribution in [2.75, 3.05) is 24.7 Å². The molecule has 0 aromatic carbocycles. The molecular weight excluding hydrogens is 322 g/mol. The fourth-order valence-electron chi connectivity index (χ4n) is 2.46. The molecule has 23 heavy (non-hydrogen) atoms. The minimum atomic E-state index is -3.07. The van der Waals surface area contributed by atoms with Crippen LogP contribution < -0.4 is 0 Å². The van der Waals surface area contributed by atoms with Crippen LogP contribution in [0.1, 0.15) is 19.1 Å². The summed E-state index contributed by atoms with van der Waals surface area (Å²) in [7, 11) is -3.07. The Kier molecular flexibility index (Phi) is 5.59. The first-order valence-electron chi connectivity index (χ1n) is 7.29. The van der Waals surface area contributed by atoms with E-state index in [-0.39, 0.29) is 17.5 Å². The first-order chi connectivity index (χ1) is 10.9. The van der Waals surface area contributed by atoms with Crippen LogP contribution in [0.5, 0.6) is 0 Å². The van der Waals surface area contributed by atoms with Gasteiger partial charge in [0.15, 0.2) is 16.4 Å². The molecule has 1 aromatic heterocycles. The SMILES string of the molecule is CCN(C(=O)COC(=O)/C=C/c1ccco1)[C@@H]1CCS(=O)(=O)C1. The van der Waals surface area contributed by atoms with E-state index in [4.69, 9.17) is 9.15 Å². The van der Waals surface area contributed by atoms with Gasteiger partial charge in [-0.3, -0.25) is 4.79 Å². The van der Waals surface area contributed by atoms with Gasteiger partial charge in [0.1, 0.15) is 5.76 Å². The van der Waals surface area contributed by atoms with Crippen LogP contribution in [0, 0.1) is 0 Å². The standard InChI is InChI=1S/C15H19NO6S/c1-2-16(12-7-9-23(19,20)11-12)14(17)10-22-15(18)6-5-13-4-3-8-21-13/h3-6,8,12H,2,7,9-11H2,1H3/b6-5+/t12-/m1/s1. The second kappa shape index (κ2) is 7.45. The lowest BCUT2D eigenvalue weighted by Crippen LogP contribution is -2.43. The topological polar surface area (TPSA) is 93.9 Å². The molecule has 0 spiro atoms. The number of carbonyl (C=O) groups is 2. The summed E-state index contributed by atoms with van der Waals surface area (Å²) < 4.78 is 32.9. The molecule has 0 aliphatic carbocycles. The Hall–Kier alpha value is -2.09. The van der Waals surface area contributed by atoms with Gasteiger partial charge < -0.3 is 14.1 Å². The molecule has 1 amide bonds. The van der Waals surface area contributed by atoms with Gasteiger partial charge in [0.05, 0.1) is 17.8 Å². The van der Waals surface area contributed by atoms with E-state index in [1.165, 1.54) is 23.3 Å². The minimum absolute atomic E-state index is 0.0288. The number of amides is 1. The molecule has 1 saturated heterocycles. The van der Waals surface area contributed by atoms with Gasteiger partial charge in [-0.25, -0.2) is 13.2 Å². The van der Waals surface area contributed by atoms with Gasteiger partial charge in [-0.1, -0.05) is 0 Å². The van der Waals surface area contributed by atoms with E-state index < -0.39 is 28.3 Å². The second-order valence-electron chi connectivity index (χ2n) is 5.19. The first-order valence-corrected chi connectivity index (χ1v) is 9.11. The summed E-state index contributed by atoms with van der Waals surface area (Å²) in [6, 6.07) is 3.02. The maximum atomic E-state index is 12.1. The summed E-state index contributed by atoms with van der Waals surface area (Å²) in [5.41, 5.74) is 0. The van der Waals surface area contributed by atoms with Crippen LogP contribution >= 0.6 is 0 Å². The van der Waals surface area contributed by atoms with Gasteiger partial charge in [0, 0.05) is 18.7 Å². The Morgan fingerprint density at radius 1 is 1.48 bits per heavy atom. The first kappa shape index (κ1) is 17.3. The molecule has 0 radical (unpaired) electrons. The molecule has 2 rings (SSSR count). The highest BCUT2D eigenvalue weighted by Gasteiger charge is 2.34. The second-order valence-corrected chi connectivity index (χ2v) is 7.42. The van der Waals surface area contributed by atoms with Crippen LogP contribution in [0.3, 0.4) is 0 Å². The van der Waals surface area contributed by atoms with E-state index in [9.17, 15) is 18.0 Å². The third-order valence-corrected chi connectivity index (χ3v) is 5.33. The fraction of sp³-hybridized carbons (Fsp3) is 0.467. The number of hydrogen-bond acceptors (Lipinski definition) is 6. The zero-order chi connectivity index (χ0) is 16.9. The van der Waals surface area contributed by atoms with Crippen molar-refractivity contribution in [3.8, 4) is 0 Å². The van der Waals surface area contributed by atoms with Crippen LogP contribution in [-0.4, -0.2) is 55.9 Å². The Balaban J connectivity index is 1.84. The lowest BCUT2D eigenvalue weighted by atomic mass is 10.2. The van der Waals surface area contributed by atoms with Crippen molar-refractivity contribution in [2.24, 2.45) is 0 Å². The van der Waals surface area contributed by atoms with Crippen molar-refractivity contribution in [1.29, 1.82) is 0 Å². The van der Waals surface area contributed by atoms with Gasteiger partial charge in [0.25, 0.3) is 5.91 Å². The summed E-state index contributed by atoms with van der Waals surface area (Å²) in [6.07, 6.45) is 4.51. The number of likely N-dealkylation sites (N-methyl/N-ethyl adjacent to an activating group) is 1. The summed E-state index contributed by atoms with van der Waals surface area (Å²) in [4.78, 5) is 25.1. The average molecular weight is 341 g/mol. The summed E-state index contributed by atoms with van der Waals surface area (Å²) >= 11 is 0. The fourth-order valence-corrected chi connectivity index (χ4v) is 4.19. The van der Waals surface area contributed by atoms with Crippen LogP contribution in [0.2, 0.25) is 0 Å². The number of carbonyl (C=O) groups excluding carboxylic acids is 2. The molecule has 0 bridgehead atoms. The van der Waals surface area contributed by atoms with Crippen LogP contribution in [-0.2, 0) is 24.2 Å². The molecular formula is C15H19NO6S. The molecule has 1 atom stereocenters. The lowest BCUT2D eigenvalue weighted by Gasteiger charge is -2.26. The van der Waals surface area contributed by atoms with Crippen molar-refractivity contribution < 1.29 is 27.2 Å². The third-order valence-electron chi connectivity index (χ3n) is 3.57. The van der Waals surface area contributed by atoms with Crippen molar-refractivity contribution in [2.45, 2.75) is 19.4 Å². The molecule has 0 saturated carbocycles. The number of rotatable bonds is 6. The Bertz CT molecular complexity index is 677. The molecule has 1 aromatic rings. The number of nitrogens with zero attached hydrogens (tertiary/aromatic N) is 1. The van der Waals surface area contributed by atoms with Gasteiger partial charge in [-0.05, 0) is 31.6 Å². The predicted octanol–water partition coefficient (Wildman–Crippen LogP) is 0.872. The average Bonchev–Trinajstić information content (AvgIpc) is 3.13. The smallest absolute Gasteiger partial charge is 0.331 e. The van der Waals surface area contributed by atoms with Crippen LogP contribution in [0.15, 0.2) is 28.9 Å². The highest BCUT2D eigenvalue weighted by atomic mass is 32.2. The van der Waals surface area contributed by atoms with E-state index in [1.807, 2.05) is 0 Å². The lowest BCUT2D eigenvalue weighted by molar-refractivity contribution is -0.149. The van der Waals surface area contributed by atoms with E-state index in [0.717, 1.165) is 0 Å². The van der Waals surface area contributed by atoms with Crippen LogP contribution in [0.4, 0.5) is 0 Å². The number of ether oxygens (including phenoxy) is 1. The molecule has 126 valence electrons. The van der Waals surface area contributed by atoms with Crippen molar-refractivity contribution in [3.63, 3.8) is 0 Å². The molecule has 1 fully saturated rings. The molecule has 7 nitrogen and oxygen atoms in total. The third kappa shape index (κ3) is 4.95. The zero-order valence-corrected chi connectivity index (χ0v) is 13.6. The molecule has 1 aliphatic rings. The minimum Gasteiger partial charge on any atom is -0.465 e. The molecule has 2 heterocycles. The van der Waals surface area contributed by atoms with E-state index >= 15 is 0 Å². The van der Waals surface area contributed by atoms with Gasteiger partial charge >= 0.3 is 5.97 Å². The van der Waals surface area contributed by atoms with E-state index in [0.29, 0.717) is 18.7 Å². The molecule has 1 aliphatic heterocycles. The van der Waals surface area contributed by atoms with Gasteiger partial charge in [-0.15, -0.1) is 0 Å². The number of furan rings is 1. The Morgan fingerprint density at radius 2 is 2.26 bits per heavy atom. The molecule has 0 N–H and O–H groups in total. The predicted molar refractivity (Wildman–Crippen MR) is 83.1 cm³/mol. The molecule has 0 unspecified atom stereocenters. The zero-order valence-electron chi connectivity index (χ0n) is 12.8. The monoisotopic (exact) mass is 341 g/mol. The molecule has 8 heteroatoms. The highest BCUT2D eigenvalue weighted by Crippen LogP contribution is 2.17. The quantitative estimate of drug-likeness (QED) is 0.563. The number of sulfone groups is 1. The normalized spacial score (nSPS) is 19.8. The van der Waals surface area contributed by atoms with Gasteiger partial charge in [0.2, 0.25) is 0 Å². The maximum Gasteiger partial charge on any atom is 0.331 e. The maximum absolute atomic E-state index is 12.1.